The van der Waals surface area contributed by atoms with Gasteiger partial charge in [0, 0.05) is 29.6 Å². The van der Waals surface area contributed by atoms with E-state index in [1.807, 2.05) is 17.5 Å². The Hall–Kier alpha value is -1.23. The van der Waals surface area contributed by atoms with Gasteiger partial charge in [0.2, 0.25) is 0 Å². The van der Waals surface area contributed by atoms with E-state index in [4.69, 9.17) is 5.73 Å². The second-order valence-corrected chi connectivity index (χ2v) is 6.86. The third-order valence-corrected chi connectivity index (χ3v) is 5.08. The first-order chi connectivity index (χ1) is 10.4. The summed E-state index contributed by atoms with van der Waals surface area (Å²) < 4.78 is 0. The van der Waals surface area contributed by atoms with Crippen LogP contribution < -0.4 is 11.1 Å². The maximum atomic E-state index is 5.67. The Balaban J connectivity index is 1.60. The van der Waals surface area contributed by atoms with Crippen molar-refractivity contribution in [3.63, 3.8) is 0 Å². The minimum Gasteiger partial charge on any atom is -0.330 e. The monoisotopic (exact) mass is 301 g/mol. The highest BCUT2D eigenvalue weighted by Crippen LogP contribution is 2.41. The summed E-state index contributed by atoms with van der Waals surface area (Å²) >= 11 is 1.87. The zero-order valence-corrected chi connectivity index (χ0v) is 13.1. The predicted molar refractivity (Wildman–Crippen MR) is 88.4 cm³/mol. The summed E-state index contributed by atoms with van der Waals surface area (Å²) in [6.45, 7) is 1.64. The Morgan fingerprint density at radius 2 is 2.10 bits per heavy atom. The molecule has 0 radical (unpaired) electrons. The van der Waals surface area contributed by atoms with Gasteiger partial charge in [-0.3, -0.25) is 0 Å². The summed E-state index contributed by atoms with van der Waals surface area (Å²) in [4.78, 5) is 5.89. The number of benzene rings is 1. The van der Waals surface area contributed by atoms with Crippen LogP contribution in [0.25, 0.3) is 0 Å². The van der Waals surface area contributed by atoms with Crippen molar-refractivity contribution in [2.24, 2.45) is 5.73 Å². The summed E-state index contributed by atoms with van der Waals surface area (Å²) in [7, 11) is 0. The Kier molecular flexibility index (Phi) is 5.01. The fourth-order valence-electron chi connectivity index (χ4n) is 2.54. The lowest BCUT2D eigenvalue weighted by molar-refractivity contribution is 0.488. The lowest BCUT2D eigenvalue weighted by Gasteiger charge is -2.18. The molecular formula is C17H23N3S. The SMILES string of the molecule is NCCCC(NCc1cnc(C2CC2)s1)c1ccccc1. The van der Waals surface area contributed by atoms with Gasteiger partial charge in [-0.2, -0.15) is 0 Å². The van der Waals surface area contributed by atoms with Crippen molar-refractivity contribution >= 4 is 11.3 Å². The number of aromatic nitrogens is 1. The number of hydrogen-bond donors (Lipinski definition) is 2. The zero-order valence-electron chi connectivity index (χ0n) is 12.3. The van der Waals surface area contributed by atoms with Crippen LogP contribution in [-0.4, -0.2) is 11.5 Å². The third-order valence-electron chi connectivity index (χ3n) is 3.92. The van der Waals surface area contributed by atoms with Crippen LogP contribution in [0.15, 0.2) is 36.5 Å². The number of thiazole rings is 1. The molecule has 0 amide bonds. The Morgan fingerprint density at radius 1 is 1.29 bits per heavy atom. The Morgan fingerprint density at radius 3 is 2.81 bits per heavy atom. The highest BCUT2D eigenvalue weighted by Gasteiger charge is 2.26. The van der Waals surface area contributed by atoms with Crippen molar-refractivity contribution in [1.82, 2.24) is 10.3 Å². The van der Waals surface area contributed by atoms with Crippen LogP contribution >= 0.6 is 11.3 Å². The molecule has 21 heavy (non-hydrogen) atoms. The number of nitrogens with one attached hydrogen (secondary N) is 1. The van der Waals surface area contributed by atoms with E-state index in [9.17, 15) is 0 Å². The molecule has 1 unspecified atom stereocenters. The maximum Gasteiger partial charge on any atom is 0.0959 e. The number of nitrogens with two attached hydrogens (primary N) is 1. The van der Waals surface area contributed by atoms with E-state index in [-0.39, 0.29) is 0 Å². The van der Waals surface area contributed by atoms with Crippen LogP contribution in [0.5, 0.6) is 0 Å². The van der Waals surface area contributed by atoms with Crippen molar-refractivity contribution in [2.45, 2.75) is 44.2 Å². The normalized spacial score (nSPS) is 16.0. The molecule has 1 aromatic carbocycles. The lowest BCUT2D eigenvalue weighted by atomic mass is 10.0. The van der Waals surface area contributed by atoms with Gasteiger partial charge in [-0.1, -0.05) is 30.3 Å². The van der Waals surface area contributed by atoms with Crippen molar-refractivity contribution < 1.29 is 0 Å². The number of hydrogen-bond acceptors (Lipinski definition) is 4. The molecule has 1 fully saturated rings. The molecule has 3 nitrogen and oxygen atoms in total. The smallest absolute Gasteiger partial charge is 0.0959 e. The molecule has 1 aliphatic carbocycles. The number of rotatable bonds is 8. The minimum atomic E-state index is 0.376. The average Bonchev–Trinajstić information content (AvgIpc) is 3.27. The zero-order chi connectivity index (χ0) is 14.5. The molecule has 4 heteroatoms. The first kappa shape index (κ1) is 14.7. The van der Waals surface area contributed by atoms with E-state index in [0.29, 0.717) is 6.04 Å². The van der Waals surface area contributed by atoms with Gasteiger partial charge in [-0.15, -0.1) is 11.3 Å². The summed E-state index contributed by atoms with van der Waals surface area (Å²) in [5.74, 6) is 0.755. The molecule has 0 spiro atoms. The minimum absolute atomic E-state index is 0.376. The summed E-state index contributed by atoms with van der Waals surface area (Å²) in [5, 5.41) is 5.00. The molecule has 1 heterocycles. The van der Waals surface area contributed by atoms with Gasteiger partial charge < -0.3 is 11.1 Å². The molecule has 112 valence electrons. The van der Waals surface area contributed by atoms with E-state index in [2.05, 4.69) is 40.6 Å². The maximum absolute atomic E-state index is 5.67. The largest absolute Gasteiger partial charge is 0.330 e. The van der Waals surface area contributed by atoms with Crippen LogP contribution in [0.3, 0.4) is 0 Å². The molecule has 1 aliphatic rings. The molecule has 0 aliphatic heterocycles. The van der Waals surface area contributed by atoms with Crippen molar-refractivity contribution in [2.75, 3.05) is 6.54 Å². The van der Waals surface area contributed by atoms with Gasteiger partial charge in [0.15, 0.2) is 0 Å². The second kappa shape index (κ2) is 7.16. The highest BCUT2D eigenvalue weighted by molar-refractivity contribution is 7.11. The van der Waals surface area contributed by atoms with E-state index in [1.165, 1.54) is 28.3 Å². The summed E-state index contributed by atoms with van der Waals surface area (Å²) in [6, 6.07) is 11.0. The van der Waals surface area contributed by atoms with Crippen molar-refractivity contribution in [3.8, 4) is 0 Å². The first-order valence-electron chi connectivity index (χ1n) is 7.80. The van der Waals surface area contributed by atoms with E-state index in [0.717, 1.165) is 31.8 Å². The van der Waals surface area contributed by atoms with Crippen LogP contribution in [0, 0.1) is 0 Å². The highest BCUT2D eigenvalue weighted by atomic mass is 32.1. The Labute approximate surface area is 130 Å². The van der Waals surface area contributed by atoms with Crippen LogP contribution in [0.4, 0.5) is 0 Å². The third kappa shape index (κ3) is 4.13. The molecule has 2 aromatic rings. The summed E-state index contributed by atoms with van der Waals surface area (Å²) in [6.07, 6.45) is 6.81. The molecule has 1 aromatic heterocycles. The molecule has 3 N–H and O–H groups in total. The molecule has 3 rings (SSSR count). The van der Waals surface area contributed by atoms with E-state index in [1.54, 1.807) is 0 Å². The predicted octanol–water partition coefficient (Wildman–Crippen LogP) is 3.59. The quantitative estimate of drug-likeness (QED) is 0.783. The van der Waals surface area contributed by atoms with Crippen molar-refractivity contribution in [3.05, 3.63) is 52.0 Å². The van der Waals surface area contributed by atoms with Gasteiger partial charge in [-0.05, 0) is 37.8 Å². The fraction of sp³-hybridized carbons (Fsp3) is 0.471. The molecule has 1 atom stereocenters. The van der Waals surface area contributed by atoms with Gasteiger partial charge in [0.05, 0.1) is 5.01 Å². The van der Waals surface area contributed by atoms with E-state index >= 15 is 0 Å². The topological polar surface area (TPSA) is 50.9 Å². The fourth-order valence-corrected chi connectivity index (χ4v) is 3.58. The van der Waals surface area contributed by atoms with Gasteiger partial charge in [0.25, 0.3) is 0 Å². The lowest BCUT2D eigenvalue weighted by Crippen LogP contribution is -2.21. The molecular weight excluding hydrogens is 278 g/mol. The Bertz CT molecular complexity index is 548. The standard InChI is InChI=1S/C17H23N3S/c18-10-4-7-16(13-5-2-1-3-6-13)19-11-15-12-20-17(21-15)14-8-9-14/h1-3,5-6,12,14,16,19H,4,7-11,18H2. The van der Waals surface area contributed by atoms with Gasteiger partial charge in [0.1, 0.15) is 0 Å². The van der Waals surface area contributed by atoms with E-state index < -0.39 is 0 Å². The second-order valence-electron chi connectivity index (χ2n) is 5.71. The molecule has 0 bridgehead atoms. The van der Waals surface area contributed by atoms with Crippen LogP contribution in [0.1, 0.15) is 53.1 Å². The van der Waals surface area contributed by atoms with Gasteiger partial charge in [-0.25, -0.2) is 4.98 Å². The first-order valence-corrected chi connectivity index (χ1v) is 8.61. The van der Waals surface area contributed by atoms with Crippen LogP contribution in [0.2, 0.25) is 0 Å². The average molecular weight is 301 g/mol. The number of nitrogens with zero attached hydrogens (tertiary/aromatic N) is 1. The molecule has 0 saturated heterocycles. The molecule has 1 saturated carbocycles. The van der Waals surface area contributed by atoms with Crippen LogP contribution in [-0.2, 0) is 6.54 Å². The van der Waals surface area contributed by atoms with Gasteiger partial charge >= 0.3 is 0 Å². The van der Waals surface area contributed by atoms with Crippen molar-refractivity contribution in [1.29, 1.82) is 0 Å². The summed E-state index contributed by atoms with van der Waals surface area (Å²) in [5.41, 5.74) is 7.02.